The van der Waals surface area contributed by atoms with Crippen LogP contribution in [0, 0.1) is 0 Å². The van der Waals surface area contributed by atoms with Gasteiger partial charge in [-0.1, -0.05) is 172 Å². The number of carbonyl (C=O) groups excluding carboxylic acids is 2. The van der Waals surface area contributed by atoms with Crippen LogP contribution in [0.5, 0.6) is 0 Å². The summed E-state index contributed by atoms with van der Waals surface area (Å²) in [7, 11) is -4.76. The Morgan fingerprint density at radius 1 is 0.533 bits per heavy atom. The number of unbranched alkanes of at least 4 members (excludes halogenated alkanes) is 25. The van der Waals surface area contributed by atoms with Crippen molar-refractivity contribution in [3.63, 3.8) is 0 Å². The summed E-state index contributed by atoms with van der Waals surface area (Å²) in [6.07, 6.45) is 47.4. The molecule has 0 bridgehead atoms. The van der Waals surface area contributed by atoms with E-state index in [4.69, 9.17) is 13.8 Å². The Morgan fingerprint density at radius 2 is 0.917 bits per heavy atom. The number of hydrogen-bond acceptors (Lipinski definition) is 8. The molecule has 60 heavy (non-hydrogen) atoms. The number of phosphoric acid groups is 1. The van der Waals surface area contributed by atoms with E-state index in [2.05, 4.69) is 55.6 Å². The molecule has 0 rings (SSSR count). The highest BCUT2D eigenvalue weighted by atomic mass is 31.2. The van der Waals surface area contributed by atoms with E-state index in [1.54, 1.807) is 0 Å². The highest BCUT2D eigenvalue weighted by molar-refractivity contribution is 7.47. The van der Waals surface area contributed by atoms with Crippen LogP contribution in [0.3, 0.4) is 0 Å². The van der Waals surface area contributed by atoms with Crippen LogP contribution in [0.15, 0.2) is 36.5 Å². The minimum absolute atomic E-state index is 0.145. The first-order valence-corrected chi connectivity index (χ1v) is 25.5. The normalized spacial score (nSPS) is 13.9. The maximum Gasteiger partial charge on any atom is 0.472 e. The summed E-state index contributed by atoms with van der Waals surface area (Å²) in [6, 6.07) is -1.55. The lowest BCUT2D eigenvalue weighted by Gasteiger charge is -2.18. The third-order valence-corrected chi connectivity index (χ3v) is 11.4. The van der Waals surface area contributed by atoms with E-state index < -0.39 is 57.6 Å². The first-order chi connectivity index (χ1) is 29.1. The fraction of sp³-hybridized carbons (Fsp3) is 0.812. The molecule has 0 aromatic rings. The second-order valence-electron chi connectivity index (χ2n) is 16.3. The van der Waals surface area contributed by atoms with Crippen molar-refractivity contribution in [3.8, 4) is 0 Å². The molecule has 350 valence electrons. The number of ether oxygens (including phenoxy) is 1. The molecule has 12 heteroatoms. The van der Waals surface area contributed by atoms with Crippen LogP contribution in [-0.4, -0.2) is 64.9 Å². The lowest BCUT2D eigenvalue weighted by molar-refractivity contribution is -0.147. The monoisotopic (exact) mass is 870 g/mol. The van der Waals surface area contributed by atoms with Gasteiger partial charge in [0.1, 0.15) is 12.7 Å². The van der Waals surface area contributed by atoms with Gasteiger partial charge in [-0.2, -0.15) is 0 Å². The Balaban J connectivity index is 3.84. The Morgan fingerprint density at radius 3 is 1.40 bits per heavy atom. The molecule has 1 amide bonds. The number of aliphatic hydroxyl groups excluding tert-OH is 1. The van der Waals surface area contributed by atoms with Crippen molar-refractivity contribution in [1.82, 2.24) is 5.32 Å². The Labute approximate surface area is 365 Å². The van der Waals surface area contributed by atoms with Crippen molar-refractivity contribution < 1.29 is 47.8 Å². The third kappa shape index (κ3) is 42.4. The average molecular weight is 870 g/mol. The number of carboxylic acids is 1. The molecule has 11 nitrogen and oxygen atoms in total. The molecule has 0 saturated carbocycles. The number of hydrogen-bond donors (Lipinski definition) is 4. The van der Waals surface area contributed by atoms with E-state index in [1.807, 2.05) is 0 Å². The number of rotatable bonds is 45. The molecule has 0 spiro atoms. The van der Waals surface area contributed by atoms with Gasteiger partial charge < -0.3 is 25.2 Å². The number of aliphatic carboxylic acids is 1. The van der Waals surface area contributed by atoms with Gasteiger partial charge in [0.15, 0.2) is 6.04 Å². The van der Waals surface area contributed by atoms with Crippen molar-refractivity contribution in [1.29, 1.82) is 0 Å². The molecule has 0 radical (unpaired) electrons. The molecule has 0 aliphatic carbocycles. The Bertz CT molecular complexity index is 1160. The summed E-state index contributed by atoms with van der Waals surface area (Å²) in [5, 5.41) is 21.9. The molecule has 0 aliphatic rings. The van der Waals surface area contributed by atoms with E-state index >= 15 is 0 Å². The molecule has 4 N–H and O–H groups in total. The number of amides is 1. The van der Waals surface area contributed by atoms with Gasteiger partial charge in [0, 0.05) is 12.8 Å². The lowest BCUT2D eigenvalue weighted by Crippen LogP contribution is -2.43. The molecule has 0 heterocycles. The maximum absolute atomic E-state index is 12.4. The number of carbonyl (C=O) groups is 3. The van der Waals surface area contributed by atoms with Crippen molar-refractivity contribution in [2.45, 2.75) is 231 Å². The zero-order valence-corrected chi connectivity index (χ0v) is 38.9. The summed E-state index contributed by atoms with van der Waals surface area (Å²) in [4.78, 5) is 46.0. The summed E-state index contributed by atoms with van der Waals surface area (Å²) >= 11 is 0. The minimum Gasteiger partial charge on any atom is -0.480 e. The van der Waals surface area contributed by atoms with Gasteiger partial charge >= 0.3 is 19.8 Å². The molecule has 3 unspecified atom stereocenters. The Hall–Kier alpha value is -2.30. The zero-order chi connectivity index (χ0) is 44.2. The maximum atomic E-state index is 12.4. The zero-order valence-electron chi connectivity index (χ0n) is 38.0. The first-order valence-electron chi connectivity index (χ1n) is 24.0. The number of esters is 1. The van der Waals surface area contributed by atoms with Gasteiger partial charge in [0.25, 0.3) is 0 Å². The van der Waals surface area contributed by atoms with Gasteiger partial charge in [-0.25, -0.2) is 9.36 Å². The van der Waals surface area contributed by atoms with E-state index in [-0.39, 0.29) is 12.8 Å². The van der Waals surface area contributed by atoms with E-state index in [1.165, 1.54) is 116 Å². The predicted octanol–water partition coefficient (Wildman–Crippen LogP) is 12.8. The average Bonchev–Trinajstić information content (AvgIpc) is 3.22. The largest absolute Gasteiger partial charge is 0.480 e. The third-order valence-electron chi connectivity index (χ3n) is 10.4. The number of phosphoric ester groups is 1. The molecule has 3 atom stereocenters. The summed E-state index contributed by atoms with van der Waals surface area (Å²) in [6.45, 7) is 2.56. The van der Waals surface area contributed by atoms with Crippen molar-refractivity contribution in [2.24, 2.45) is 0 Å². The van der Waals surface area contributed by atoms with Crippen molar-refractivity contribution in [2.75, 3.05) is 19.8 Å². The van der Waals surface area contributed by atoms with E-state index in [9.17, 15) is 34.1 Å². The summed E-state index contributed by atoms with van der Waals surface area (Å²) in [5.41, 5.74) is 0. The van der Waals surface area contributed by atoms with Crippen LogP contribution in [0.2, 0.25) is 0 Å². The number of nitrogens with one attached hydrogen (secondary N) is 1. The van der Waals surface area contributed by atoms with Crippen LogP contribution >= 0.6 is 7.82 Å². The van der Waals surface area contributed by atoms with Gasteiger partial charge in [0.05, 0.1) is 13.2 Å². The first kappa shape index (κ1) is 57.7. The highest BCUT2D eigenvalue weighted by Crippen LogP contribution is 2.43. The molecule has 0 saturated heterocycles. The molecule has 0 fully saturated rings. The van der Waals surface area contributed by atoms with Gasteiger partial charge in [-0.05, 0) is 70.6 Å². The SMILES string of the molecule is CCCCC/C=C\C/C=C\CCCCCCCCCCCCCCCC(=O)NC(COP(=O)(O)OCC(O)COC(=O)CCCCCCC/C=C\CCCCCC)C(=O)O. The molecule has 0 aliphatic heterocycles. The topological polar surface area (TPSA) is 169 Å². The molecular formula is C48H88NO10P. The van der Waals surface area contributed by atoms with Crippen LogP contribution < -0.4 is 5.32 Å². The van der Waals surface area contributed by atoms with Crippen LogP contribution in [0.25, 0.3) is 0 Å². The smallest absolute Gasteiger partial charge is 0.472 e. The van der Waals surface area contributed by atoms with Crippen molar-refractivity contribution >= 4 is 25.7 Å². The fourth-order valence-electron chi connectivity index (χ4n) is 6.63. The van der Waals surface area contributed by atoms with Crippen LogP contribution in [0.1, 0.15) is 219 Å². The fourth-order valence-corrected chi connectivity index (χ4v) is 7.41. The van der Waals surface area contributed by atoms with Crippen LogP contribution in [0.4, 0.5) is 0 Å². The van der Waals surface area contributed by atoms with Gasteiger partial charge in [-0.3, -0.25) is 18.6 Å². The summed E-state index contributed by atoms with van der Waals surface area (Å²) < 4.78 is 26.9. The quantitative estimate of drug-likeness (QED) is 0.0200. The minimum atomic E-state index is -4.76. The Kier molecular flexibility index (Phi) is 41.7. The lowest BCUT2D eigenvalue weighted by atomic mass is 10.0. The molecule has 0 aromatic carbocycles. The second kappa shape index (κ2) is 43.4. The highest BCUT2D eigenvalue weighted by Gasteiger charge is 2.28. The van der Waals surface area contributed by atoms with Gasteiger partial charge in [0.2, 0.25) is 5.91 Å². The van der Waals surface area contributed by atoms with Crippen molar-refractivity contribution in [3.05, 3.63) is 36.5 Å². The predicted molar refractivity (Wildman–Crippen MR) is 245 cm³/mol. The molecule has 0 aromatic heterocycles. The number of aliphatic hydroxyl groups is 1. The van der Waals surface area contributed by atoms with Gasteiger partial charge in [-0.15, -0.1) is 0 Å². The molecular weight excluding hydrogens is 781 g/mol. The second-order valence-corrected chi connectivity index (χ2v) is 17.7. The van der Waals surface area contributed by atoms with E-state index in [0.717, 1.165) is 64.2 Å². The summed E-state index contributed by atoms with van der Waals surface area (Å²) in [5.74, 6) is -2.38. The number of carboxylic acid groups (broad SMARTS) is 1. The van der Waals surface area contributed by atoms with Crippen LogP contribution in [-0.2, 0) is 32.7 Å². The van der Waals surface area contributed by atoms with E-state index in [0.29, 0.717) is 12.8 Å². The standard InChI is InChI=1S/C48H88NO10P/c1-3-5-7-9-11-13-15-17-18-19-20-21-22-23-24-25-26-28-29-31-33-35-37-39-46(51)49-45(48(53)54)43-59-60(55,56)58-42-44(50)41-57-47(52)40-38-36-34-32-30-27-16-14-12-10-8-6-4-2/h11,13-14,16-18,44-45,50H,3-10,12,15,19-43H2,1-2H3,(H,49,51)(H,53,54)(H,55,56)/b13-11-,16-14-,18-17-. The number of allylic oxidation sites excluding steroid dienone is 6.